The largest absolute Gasteiger partial charge is 1.00 e. The van der Waals surface area contributed by atoms with E-state index in [0.29, 0.717) is 0 Å². The second-order valence-electron chi connectivity index (χ2n) is 4.11. The van der Waals surface area contributed by atoms with Crippen molar-refractivity contribution in [3.63, 3.8) is 0 Å². The maximum Gasteiger partial charge on any atom is 1.00 e. The van der Waals surface area contributed by atoms with E-state index in [-0.39, 0.29) is 36.1 Å². The minimum Gasteiger partial charge on any atom is -0.859 e. The molecule has 0 aromatic carbocycles. The van der Waals surface area contributed by atoms with E-state index in [4.69, 9.17) is 4.55 Å². The molecule has 106 valence electrons. The van der Waals surface area contributed by atoms with Gasteiger partial charge in [-0.1, -0.05) is 44.8 Å². The summed E-state index contributed by atoms with van der Waals surface area (Å²) in [5, 5.41) is 11.1. The number of rotatable bonds is 10. The van der Waals surface area contributed by atoms with Crippen LogP contribution in [0.15, 0.2) is 17.1 Å². The Hall–Kier alpha value is 0.120. The summed E-state index contributed by atoms with van der Waals surface area (Å²) in [6, 6.07) is 0. The van der Waals surface area contributed by atoms with Crippen LogP contribution in [0.4, 0.5) is 0 Å². The van der Waals surface area contributed by atoms with E-state index in [1.54, 1.807) is 6.08 Å². The summed E-state index contributed by atoms with van der Waals surface area (Å²) in [5.41, 5.74) is 0. The van der Waals surface area contributed by atoms with Crippen LogP contribution in [0.3, 0.4) is 0 Å². The Balaban J connectivity index is 0. The van der Waals surface area contributed by atoms with E-state index in [1.165, 1.54) is 25.3 Å². The van der Waals surface area contributed by atoms with Crippen LogP contribution in [-0.2, 0) is 10.1 Å². The molecule has 0 aliphatic heterocycles. The number of hydrogen-bond acceptors (Lipinski definition) is 4. The number of nitrogens with zero attached hydrogens (tertiary/aromatic N) is 1. The SMILES string of the molecule is CCCCCCC/C=C/C([O-])=NCCS(=O)(=O)O.[Na+]. The molecule has 0 aliphatic carbocycles. The summed E-state index contributed by atoms with van der Waals surface area (Å²) < 4.78 is 29.2. The van der Waals surface area contributed by atoms with Gasteiger partial charge in [0.1, 0.15) is 0 Å². The van der Waals surface area contributed by atoms with Gasteiger partial charge in [-0.25, -0.2) is 0 Å². The standard InChI is InChI=1S/C12H23NO4S.Na/c1-2-3-4-5-6-7-8-9-12(14)13-10-11-18(15,16)17;/h8-9H,2-7,10-11H2,1H3,(H,13,14)(H,15,16,17);/q;+1/p-1/b9-8+;. The first-order valence-electron chi connectivity index (χ1n) is 6.29. The molecule has 0 aromatic rings. The van der Waals surface area contributed by atoms with Crippen LogP contribution in [0.25, 0.3) is 0 Å². The molecule has 0 fully saturated rings. The van der Waals surface area contributed by atoms with Gasteiger partial charge in [0.05, 0.1) is 12.3 Å². The minimum atomic E-state index is -4.03. The molecule has 0 aliphatic rings. The zero-order chi connectivity index (χ0) is 13.9. The molecule has 7 heteroatoms. The van der Waals surface area contributed by atoms with Crippen LogP contribution in [0.5, 0.6) is 0 Å². The van der Waals surface area contributed by atoms with E-state index in [9.17, 15) is 13.5 Å². The molecule has 1 N–H and O–H groups in total. The summed E-state index contributed by atoms with van der Waals surface area (Å²) in [7, 11) is -4.03. The van der Waals surface area contributed by atoms with E-state index in [0.717, 1.165) is 19.3 Å². The van der Waals surface area contributed by atoms with E-state index in [1.807, 2.05) is 0 Å². The van der Waals surface area contributed by atoms with Crippen molar-refractivity contribution in [2.24, 2.45) is 4.99 Å². The first kappa shape index (κ1) is 21.4. The van der Waals surface area contributed by atoms with E-state index < -0.39 is 21.8 Å². The number of unbranched alkanes of at least 4 members (excludes halogenated alkanes) is 5. The van der Waals surface area contributed by atoms with Gasteiger partial charge in [-0.2, -0.15) is 8.42 Å². The van der Waals surface area contributed by atoms with Gasteiger partial charge in [0.25, 0.3) is 10.1 Å². The quantitative estimate of drug-likeness (QED) is 0.176. The van der Waals surface area contributed by atoms with Crippen LogP contribution in [0.1, 0.15) is 45.4 Å². The molecule has 0 radical (unpaired) electrons. The smallest absolute Gasteiger partial charge is 0.859 e. The predicted molar refractivity (Wildman–Crippen MR) is 71.2 cm³/mol. The Morgan fingerprint density at radius 2 is 1.89 bits per heavy atom. The van der Waals surface area contributed by atoms with Crippen molar-refractivity contribution in [3.8, 4) is 0 Å². The Bertz CT molecular complexity index is 366. The predicted octanol–water partition coefficient (Wildman–Crippen LogP) is -1.45. The zero-order valence-corrected chi connectivity index (χ0v) is 14.7. The van der Waals surface area contributed by atoms with Gasteiger partial charge in [-0.3, -0.25) is 9.55 Å². The third-order valence-corrected chi connectivity index (χ3v) is 3.05. The molecule has 0 spiro atoms. The first-order chi connectivity index (χ1) is 8.45. The van der Waals surface area contributed by atoms with Crippen LogP contribution < -0.4 is 34.7 Å². The van der Waals surface area contributed by atoms with Gasteiger partial charge >= 0.3 is 29.6 Å². The average Bonchev–Trinajstić information content (AvgIpc) is 2.26. The zero-order valence-electron chi connectivity index (χ0n) is 11.8. The molecular formula is C12H22NNaO4S. The summed E-state index contributed by atoms with van der Waals surface area (Å²) in [5.74, 6) is -0.962. The number of hydrogen-bond donors (Lipinski definition) is 1. The summed E-state index contributed by atoms with van der Waals surface area (Å²) >= 11 is 0. The second kappa shape index (κ2) is 13.1. The summed E-state index contributed by atoms with van der Waals surface area (Å²) in [4.78, 5) is 3.49. The Morgan fingerprint density at radius 1 is 1.26 bits per heavy atom. The molecule has 0 bridgehead atoms. The van der Waals surface area contributed by atoms with E-state index in [2.05, 4.69) is 11.9 Å². The molecule has 0 heterocycles. The maximum absolute atomic E-state index is 11.1. The van der Waals surface area contributed by atoms with Crippen LogP contribution >= 0.6 is 0 Å². The van der Waals surface area contributed by atoms with Crippen molar-refractivity contribution in [1.82, 2.24) is 0 Å². The normalized spacial score (nSPS) is 12.6. The molecule has 0 saturated heterocycles. The molecule has 5 nitrogen and oxygen atoms in total. The molecule has 19 heavy (non-hydrogen) atoms. The topological polar surface area (TPSA) is 89.8 Å². The number of allylic oxidation sites excluding steroid dienone is 1. The molecule has 0 rings (SSSR count). The molecule has 0 aromatic heterocycles. The van der Waals surface area contributed by atoms with Crippen molar-refractivity contribution >= 4 is 16.0 Å². The Morgan fingerprint density at radius 3 is 2.47 bits per heavy atom. The summed E-state index contributed by atoms with van der Waals surface area (Å²) in [6.45, 7) is 1.96. The van der Waals surface area contributed by atoms with Crippen molar-refractivity contribution in [2.75, 3.05) is 12.3 Å². The maximum atomic E-state index is 11.1. The number of aliphatic imine (C=N–C) groups is 1. The molecule has 0 unspecified atom stereocenters. The summed E-state index contributed by atoms with van der Waals surface area (Å²) in [6.07, 6.45) is 9.82. The van der Waals surface area contributed by atoms with Gasteiger partial charge in [0.15, 0.2) is 0 Å². The van der Waals surface area contributed by atoms with E-state index >= 15 is 0 Å². The minimum absolute atomic E-state index is 0. The fraction of sp³-hybridized carbons (Fsp3) is 0.750. The Labute approximate surface area is 138 Å². The second-order valence-corrected chi connectivity index (χ2v) is 5.68. The molecule has 0 amide bonds. The third-order valence-electron chi connectivity index (χ3n) is 2.35. The fourth-order valence-corrected chi connectivity index (χ4v) is 1.70. The van der Waals surface area contributed by atoms with Gasteiger partial charge < -0.3 is 5.11 Å². The van der Waals surface area contributed by atoms with Crippen molar-refractivity contribution < 1.29 is 47.6 Å². The van der Waals surface area contributed by atoms with Crippen LogP contribution in [0.2, 0.25) is 0 Å². The van der Waals surface area contributed by atoms with Crippen molar-refractivity contribution in [2.45, 2.75) is 45.4 Å². The first-order valence-corrected chi connectivity index (χ1v) is 7.90. The third kappa shape index (κ3) is 18.1. The molecule has 0 atom stereocenters. The van der Waals surface area contributed by atoms with Crippen molar-refractivity contribution in [1.29, 1.82) is 0 Å². The van der Waals surface area contributed by atoms with Gasteiger partial charge in [-0.15, -0.1) is 0 Å². The monoisotopic (exact) mass is 299 g/mol. The Kier molecular flexibility index (Phi) is 14.8. The van der Waals surface area contributed by atoms with Crippen LogP contribution in [-0.4, -0.2) is 31.2 Å². The van der Waals surface area contributed by atoms with Gasteiger partial charge in [-0.05, 0) is 18.7 Å². The fourth-order valence-electron chi connectivity index (χ4n) is 1.37. The molecular weight excluding hydrogens is 277 g/mol. The van der Waals surface area contributed by atoms with Gasteiger partial charge in [0, 0.05) is 0 Å². The molecule has 0 saturated carbocycles. The average molecular weight is 299 g/mol. The van der Waals surface area contributed by atoms with Gasteiger partial charge in [0.2, 0.25) is 0 Å². The van der Waals surface area contributed by atoms with Crippen molar-refractivity contribution in [3.05, 3.63) is 12.2 Å². The van der Waals surface area contributed by atoms with Crippen LogP contribution in [0, 0.1) is 0 Å².